The first kappa shape index (κ1) is 10.2. The van der Waals surface area contributed by atoms with Crippen LogP contribution in [-0.2, 0) is 20.4 Å². The molecule has 0 saturated heterocycles. The molecule has 0 saturated carbocycles. The van der Waals surface area contributed by atoms with E-state index in [2.05, 4.69) is 16.2 Å². The third kappa shape index (κ3) is 8.92. The summed E-state index contributed by atoms with van der Waals surface area (Å²) in [5.41, 5.74) is 0. The third-order valence-electron chi connectivity index (χ3n) is 0.454. The van der Waals surface area contributed by atoms with Gasteiger partial charge in [-0.1, -0.05) is 6.42 Å². The van der Waals surface area contributed by atoms with Crippen molar-refractivity contribution in [3.05, 3.63) is 6.92 Å². The van der Waals surface area contributed by atoms with Gasteiger partial charge in [-0.2, -0.15) is 6.42 Å². The predicted molar refractivity (Wildman–Crippen MR) is 29.2 cm³/mol. The fourth-order valence-corrected chi connectivity index (χ4v) is 0.433. The van der Waals surface area contributed by atoms with E-state index < -0.39 is 0 Å². The average molecular weight is 196 g/mol. The summed E-state index contributed by atoms with van der Waals surface area (Å²) in [5.74, 6) is 0. The Bertz CT molecular complexity index is 15.0. The van der Waals surface area contributed by atoms with Gasteiger partial charge in [-0.15, -0.1) is 9.24 Å². The summed E-state index contributed by atoms with van der Waals surface area (Å²) in [7, 11) is 2.66. The summed E-state index contributed by atoms with van der Waals surface area (Å²) in [6.07, 6.45) is 3.51. The summed E-state index contributed by atoms with van der Waals surface area (Å²) in [5, 5.41) is 0. The van der Waals surface area contributed by atoms with E-state index in [0.29, 0.717) is 0 Å². The van der Waals surface area contributed by atoms with Crippen LogP contribution in [-0.4, -0.2) is 6.16 Å². The Morgan fingerprint density at radius 1 is 1.50 bits per heavy atom. The van der Waals surface area contributed by atoms with Crippen molar-refractivity contribution in [1.29, 1.82) is 0 Å². The van der Waals surface area contributed by atoms with Gasteiger partial charge in [0.15, 0.2) is 0 Å². The zero-order valence-electron chi connectivity index (χ0n) is 3.72. The van der Waals surface area contributed by atoms with Crippen molar-refractivity contribution in [3.63, 3.8) is 0 Å². The number of unbranched alkanes of at least 4 members (excludes halogenated alkanes) is 1. The van der Waals surface area contributed by atoms with Crippen molar-refractivity contribution in [1.82, 2.24) is 0 Å². The van der Waals surface area contributed by atoms with Crippen molar-refractivity contribution in [2.75, 3.05) is 6.16 Å². The van der Waals surface area contributed by atoms with Crippen LogP contribution in [0.5, 0.6) is 0 Å². The van der Waals surface area contributed by atoms with Crippen LogP contribution in [0, 0.1) is 6.92 Å². The van der Waals surface area contributed by atoms with E-state index in [0.717, 1.165) is 6.42 Å². The van der Waals surface area contributed by atoms with Crippen LogP contribution in [0.1, 0.15) is 12.8 Å². The average Bonchev–Trinajstić information content (AvgIpc) is 1.41. The van der Waals surface area contributed by atoms with Crippen LogP contribution in [0.25, 0.3) is 0 Å². The molecule has 1 atom stereocenters. The van der Waals surface area contributed by atoms with Gasteiger partial charge in [-0.05, 0) is 6.16 Å². The molecule has 0 aromatic rings. The minimum atomic E-state index is 0. The van der Waals surface area contributed by atoms with Gasteiger partial charge < -0.3 is 6.92 Å². The summed E-state index contributed by atoms with van der Waals surface area (Å²) < 4.78 is 0. The molecule has 2 heteroatoms. The Morgan fingerprint density at radius 2 is 2.00 bits per heavy atom. The minimum Gasteiger partial charge on any atom is -0.343 e. The Kier molecular flexibility index (Phi) is 16.0. The third-order valence-corrected chi connectivity index (χ3v) is 0.862. The summed E-state index contributed by atoms with van der Waals surface area (Å²) in [6, 6.07) is 0. The van der Waals surface area contributed by atoms with Gasteiger partial charge in [0, 0.05) is 20.4 Å². The van der Waals surface area contributed by atoms with Gasteiger partial charge in [-0.3, -0.25) is 0 Å². The summed E-state index contributed by atoms with van der Waals surface area (Å²) >= 11 is 0. The van der Waals surface area contributed by atoms with Crippen molar-refractivity contribution >= 4 is 9.24 Å². The number of rotatable bonds is 2. The Balaban J connectivity index is 0. The second kappa shape index (κ2) is 9.43. The molecule has 0 fully saturated rings. The second-order valence-corrected chi connectivity index (χ2v) is 1.57. The molecule has 0 nitrogen and oxygen atoms in total. The van der Waals surface area contributed by atoms with E-state index in [9.17, 15) is 0 Å². The predicted octanol–water partition coefficient (Wildman–Crippen LogP) is 1.47. The molecule has 0 spiro atoms. The molecule has 0 amide bonds. The first-order valence-corrected chi connectivity index (χ1v) is 2.72. The first-order chi connectivity index (χ1) is 2.41. The maximum Gasteiger partial charge on any atom is 0 e. The zero-order chi connectivity index (χ0) is 4.12. The molecule has 0 N–H and O–H groups in total. The van der Waals surface area contributed by atoms with E-state index in [1.54, 1.807) is 0 Å². The van der Waals surface area contributed by atoms with Crippen LogP contribution < -0.4 is 0 Å². The molecule has 0 aliphatic carbocycles. The minimum absolute atomic E-state index is 0. The van der Waals surface area contributed by atoms with Crippen molar-refractivity contribution in [2.24, 2.45) is 0 Å². The molecule has 0 aliphatic rings. The van der Waals surface area contributed by atoms with Crippen molar-refractivity contribution in [3.8, 4) is 0 Å². The maximum absolute atomic E-state index is 3.66. The fraction of sp³-hybridized carbons (Fsp3) is 0.750. The molecule has 0 radical (unpaired) electrons. The van der Waals surface area contributed by atoms with Crippen LogP contribution in [0.15, 0.2) is 0 Å². The second-order valence-electron chi connectivity index (χ2n) is 0.996. The Morgan fingerprint density at radius 3 is 2.00 bits per heavy atom. The smallest absolute Gasteiger partial charge is 0 e. The number of hydrogen-bond donors (Lipinski definition) is 0. The van der Waals surface area contributed by atoms with Crippen LogP contribution in [0.2, 0.25) is 0 Å². The molecule has 0 rings (SSSR count). The van der Waals surface area contributed by atoms with Gasteiger partial charge >= 0.3 is 0 Å². The van der Waals surface area contributed by atoms with E-state index in [1.807, 2.05) is 0 Å². The van der Waals surface area contributed by atoms with Crippen molar-refractivity contribution < 1.29 is 20.4 Å². The normalized spacial score (nSPS) is 7.00. The van der Waals surface area contributed by atoms with E-state index >= 15 is 0 Å². The van der Waals surface area contributed by atoms with Gasteiger partial charge in [0.2, 0.25) is 0 Å². The standard InChI is InChI=1S/C4H10P.Pd/c1-2-3-4-5;/h1-5H2;/q-1;. The molecule has 1 unspecified atom stereocenters. The van der Waals surface area contributed by atoms with Gasteiger partial charge in [0.25, 0.3) is 0 Å². The molecular weight excluding hydrogens is 185 g/mol. The van der Waals surface area contributed by atoms with E-state index in [-0.39, 0.29) is 20.4 Å². The van der Waals surface area contributed by atoms with Crippen LogP contribution in [0.3, 0.4) is 0 Å². The molecule has 6 heavy (non-hydrogen) atoms. The molecule has 0 aliphatic heterocycles. The zero-order valence-corrected chi connectivity index (χ0v) is 6.43. The van der Waals surface area contributed by atoms with Gasteiger partial charge in [-0.25, -0.2) is 0 Å². The van der Waals surface area contributed by atoms with E-state index in [4.69, 9.17) is 0 Å². The largest absolute Gasteiger partial charge is 0.343 e. The molecular formula is C4H10PPd-. The Hall–Kier alpha value is 1.09. The first-order valence-electron chi connectivity index (χ1n) is 1.91. The van der Waals surface area contributed by atoms with Gasteiger partial charge in [0.1, 0.15) is 0 Å². The molecule has 42 valence electrons. The monoisotopic (exact) mass is 195 g/mol. The molecule has 0 heterocycles. The quantitative estimate of drug-likeness (QED) is 0.356. The number of hydrogen-bond acceptors (Lipinski definition) is 0. The maximum atomic E-state index is 3.66. The molecule has 0 aromatic carbocycles. The van der Waals surface area contributed by atoms with E-state index in [1.165, 1.54) is 12.6 Å². The summed E-state index contributed by atoms with van der Waals surface area (Å²) in [4.78, 5) is 0. The molecule has 0 bridgehead atoms. The van der Waals surface area contributed by atoms with Gasteiger partial charge in [0.05, 0.1) is 0 Å². The van der Waals surface area contributed by atoms with Crippen LogP contribution in [0.4, 0.5) is 0 Å². The fourth-order valence-electron chi connectivity index (χ4n) is 0.144. The van der Waals surface area contributed by atoms with Crippen LogP contribution >= 0.6 is 9.24 Å². The molecule has 0 aromatic heterocycles. The summed E-state index contributed by atoms with van der Waals surface area (Å²) in [6.45, 7) is 3.66. The van der Waals surface area contributed by atoms with Crippen molar-refractivity contribution in [2.45, 2.75) is 12.8 Å². The topological polar surface area (TPSA) is 0 Å². The Labute approximate surface area is 55.9 Å². The SMILES string of the molecule is [CH2-]CCCP.[Pd].